The van der Waals surface area contributed by atoms with E-state index in [9.17, 15) is 4.79 Å². The Morgan fingerprint density at radius 3 is 2.52 bits per heavy atom. The third kappa shape index (κ3) is 5.58. The molecule has 0 atom stereocenters. The second-order valence-corrected chi connectivity index (χ2v) is 6.54. The number of benzene rings is 3. The van der Waals surface area contributed by atoms with E-state index in [0.717, 1.165) is 11.1 Å². The van der Waals surface area contributed by atoms with Crippen molar-refractivity contribution in [1.82, 2.24) is 5.43 Å². The molecule has 0 saturated heterocycles. The molecule has 0 fully saturated rings. The number of halogens is 2. The maximum atomic E-state index is 12.4. The summed E-state index contributed by atoms with van der Waals surface area (Å²) in [6, 6.07) is 21.5. The van der Waals surface area contributed by atoms with E-state index in [1.165, 1.54) is 6.21 Å². The monoisotopic (exact) mass is 398 g/mol. The lowest BCUT2D eigenvalue weighted by atomic mass is 10.2. The molecule has 1 amide bonds. The third-order valence-corrected chi connectivity index (χ3v) is 4.15. The first kappa shape index (κ1) is 19.0. The molecule has 0 heterocycles. The molecule has 0 bridgehead atoms. The van der Waals surface area contributed by atoms with Gasteiger partial charge in [-0.1, -0.05) is 59.6 Å². The lowest BCUT2D eigenvalue weighted by molar-refractivity contribution is 0.0950. The summed E-state index contributed by atoms with van der Waals surface area (Å²) in [4.78, 5) is 12.4. The van der Waals surface area contributed by atoms with Crippen molar-refractivity contribution < 1.29 is 9.53 Å². The molecule has 4 nitrogen and oxygen atoms in total. The molecule has 0 aliphatic heterocycles. The summed E-state index contributed by atoms with van der Waals surface area (Å²) in [7, 11) is 0. The third-order valence-electron chi connectivity index (χ3n) is 3.67. The van der Waals surface area contributed by atoms with E-state index >= 15 is 0 Å². The number of carbonyl (C=O) groups excluding carboxylic acids is 1. The van der Waals surface area contributed by atoms with E-state index in [1.54, 1.807) is 42.5 Å². The van der Waals surface area contributed by atoms with Crippen LogP contribution in [0.3, 0.4) is 0 Å². The molecule has 0 spiro atoms. The molecule has 0 aliphatic rings. The van der Waals surface area contributed by atoms with Gasteiger partial charge in [0.05, 0.1) is 11.8 Å². The van der Waals surface area contributed by atoms with Gasteiger partial charge < -0.3 is 4.74 Å². The molecule has 1 N–H and O–H groups in total. The Labute approximate surface area is 167 Å². The molecule has 0 saturated carbocycles. The van der Waals surface area contributed by atoms with Crippen LogP contribution in [0.2, 0.25) is 10.0 Å². The van der Waals surface area contributed by atoms with E-state index in [1.807, 2.05) is 30.3 Å². The van der Waals surface area contributed by atoms with Crippen LogP contribution in [0.15, 0.2) is 77.9 Å². The summed E-state index contributed by atoms with van der Waals surface area (Å²) < 4.78 is 5.79. The number of rotatable bonds is 6. The minimum atomic E-state index is -0.361. The normalized spacial score (nSPS) is 10.7. The highest BCUT2D eigenvalue weighted by atomic mass is 35.5. The molecule has 3 rings (SSSR count). The lowest BCUT2D eigenvalue weighted by Crippen LogP contribution is -2.18. The van der Waals surface area contributed by atoms with Crippen LogP contribution in [0.4, 0.5) is 0 Å². The zero-order chi connectivity index (χ0) is 19.1. The molecule has 27 heavy (non-hydrogen) atoms. The minimum absolute atomic E-state index is 0.327. The fourth-order valence-electron chi connectivity index (χ4n) is 2.33. The lowest BCUT2D eigenvalue weighted by Gasteiger charge is -2.10. The van der Waals surface area contributed by atoms with Gasteiger partial charge in [-0.15, -0.1) is 0 Å². The van der Waals surface area contributed by atoms with Gasteiger partial charge in [0.25, 0.3) is 5.91 Å². The molecule has 0 aromatic heterocycles. The van der Waals surface area contributed by atoms with Gasteiger partial charge >= 0.3 is 0 Å². The average molecular weight is 399 g/mol. The van der Waals surface area contributed by atoms with E-state index in [-0.39, 0.29) is 5.91 Å². The van der Waals surface area contributed by atoms with Crippen molar-refractivity contribution in [3.8, 4) is 5.75 Å². The highest BCUT2D eigenvalue weighted by Crippen LogP contribution is 2.20. The standard InChI is InChI=1S/C21H16Cl2N2O2/c22-17-10-8-15(9-11-17)14-27-20-7-2-1-6-19(20)21(26)25-24-13-16-4-3-5-18(23)12-16/h1-13H,14H2,(H,25,26). The number of para-hydroxylation sites is 1. The van der Waals surface area contributed by atoms with Gasteiger partial charge in [-0.3, -0.25) is 4.79 Å². The molecule has 0 aliphatic carbocycles. The number of hydrogen-bond acceptors (Lipinski definition) is 3. The van der Waals surface area contributed by atoms with Crippen LogP contribution in [0, 0.1) is 0 Å². The molecule has 3 aromatic carbocycles. The minimum Gasteiger partial charge on any atom is -0.488 e. The number of carbonyl (C=O) groups is 1. The van der Waals surface area contributed by atoms with Gasteiger partial charge in [0.1, 0.15) is 12.4 Å². The molecule has 6 heteroatoms. The van der Waals surface area contributed by atoms with Crippen molar-refractivity contribution in [3.05, 3.63) is 99.5 Å². The topological polar surface area (TPSA) is 50.7 Å². The number of hydrazone groups is 1. The van der Waals surface area contributed by atoms with Gasteiger partial charge in [-0.25, -0.2) is 5.43 Å². The Hall–Kier alpha value is -2.82. The highest BCUT2D eigenvalue weighted by molar-refractivity contribution is 6.31. The first-order valence-corrected chi connectivity index (χ1v) is 8.92. The fourth-order valence-corrected chi connectivity index (χ4v) is 2.66. The predicted octanol–water partition coefficient (Wildman–Crippen LogP) is 5.34. The van der Waals surface area contributed by atoms with Crippen LogP contribution >= 0.6 is 23.2 Å². The van der Waals surface area contributed by atoms with E-state index in [2.05, 4.69) is 10.5 Å². The number of ether oxygens (including phenoxy) is 1. The van der Waals surface area contributed by atoms with Crippen molar-refractivity contribution in [3.63, 3.8) is 0 Å². The molecule has 0 unspecified atom stereocenters. The quantitative estimate of drug-likeness (QED) is 0.450. The largest absolute Gasteiger partial charge is 0.488 e. The fraction of sp³-hybridized carbons (Fsp3) is 0.0476. The number of nitrogens with zero attached hydrogens (tertiary/aromatic N) is 1. The molecular formula is C21H16Cl2N2O2. The summed E-state index contributed by atoms with van der Waals surface area (Å²) in [6.07, 6.45) is 1.53. The zero-order valence-electron chi connectivity index (χ0n) is 14.2. The van der Waals surface area contributed by atoms with Crippen LogP contribution in [-0.4, -0.2) is 12.1 Å². The summed E-state index contributed by atoms with van der Waals surface area (Å²) in [5.41, 5.74) is 4.64. The second kappa shape index (κ2) is 9.21. The first-order chi connectivity index (χ1) is 13.1. The van der Waals surface area contributed by atoms with Crippen LogP contribution in [0.1, 0.15) is 21.5 Å². The Morgan fingerprint density at radius 2 is 1.74 bits per heavy atom. The van der Waals surface area contributed by atoms with E-state index in [4.69, 9.17) is 27.9 Å². The van der Waals surface area contributed by atoms with Crippen molar-refractivity contribution >= 4 is 35.3 Å². The summed E-state index contributed by atoms with van der Waals surface area (Å²) in [5, 5.41) is 5.24. The SMILES string of the molecule is O=C(NN=Cc1cccc(Cl)c1)c1ccccc1OCc1ccc(Cl)cc1. The van der Waals surface area contributed by atoms with Gasteiger partial charge in [-0.05, 0) is 47.5 Å². The van der Waals surface area contributed by atoms with Crippen LogP contribution in [0.5, 0.6) is 5.75 Å². The molecular weight excluding hydrogens is 383 g/mol. The smallest absolute Gasteiger partial charge is 0.275 e. The van der Waals surface area contributed by atoms with Gasteiger partial charge in [0, 0.05) is 10.0 Å². The summed E-state index contributed by atoms with van der Waals surface area (Å²) in [5.74, 6) is 0.114. The Kier molecular flexibility index (Phi) is 6.47. The molecule has 3 aromatic rings. The second-order valence-electron chi connectivity index (χ2n) is 5.67. The Balaban J connectivity index is 1.65. The summed E-state index contributed by atoms with van der Waals surface area (Å²) >= 11 is 11.8. The van der Waals surface area contributed by atoms with Crippen molar-refractivity contribution in [2.45, 2.75) is 6.61 Å². The molecule has 0 radical (unpaired) electrons. The van der Waals surface area contributed by atoms with Crippen LogP contribution in [0.25, 0.3) is 0 Å². The maximum absolute atomic E-state index is 12.4. The Bertz CT molecular complexity index is 956. The zero-order valence-corrected chi connectivity index (χ0v) is 15.7. The first-order valence-electron chi connectivity index (χ1n) is 8.17. The Morgan fingerprint density at radius 1 is 0.963 bits per heavy atom. The number of nitrogens with one attached hydrogen (secondary N) is 1. The predicted molar refractivity (Wildman–Crippen MR) is 109 cm³/mol. The van der Waals surface area contributed by atoms with Gasteiger partial charge in [0.15, 0.2) is 0 Å². The van der Waals surface area contributed by atoms with Crippen LogP contribution < -0.4 is 10.2 Å². The van der Waals surface area contributed by atoms with Gasteiger partial charge in [-0.2, -0.15) is 5.10 Å². The van der Waals surface area contributed by atoms with E-state index in [0.29, 0.717) is 28.0 Å². The average Bonchev–Trinajstić information content (AvgIpc) is 2.68. The number of amides is 1. The van der Waals surface area contributed by atoms with Crippen molar-refractivity contribution in [2.75, 3.05) is 0 Å². The van der Waals surface area contributed by atoms with Crippen LogP contribution in [-0.2, 0) is 6.61 Å². The molecule has 136 valence electrons. The van der Waals surface area contributed by atoms with Crippen molar-refractivity contribution in [2.24, 2.45) is 5.10 Å². The number of hydrogen-bond donors (Lipinski definition) is 1. The van der Waals surface area contributed by atoms with Gasteiger partial charge in [0.2, 0.25) is 0 Å². The summed E-state index contributed by atoms with van der Waals surface area (Å²) in [6.45, 7) is 0.327. The van der Waals surface area contributed by atoms with Crippen molar-refractivity contribution in [1.29, 1.82) is 0 Å². The van der Waals surface area contributed by atoms with E-state index < -0.39 is 0 Å². The highest BCUT2D eigenvalue weighted by Gasteiger charge is 2.11. The maximum Gasteiger partial charge on any atom is 0.275 e.